The van der Waals surface area contributed by atoms with E-state index in [1.54, 1.807) is 31.6 Å². The molecule has 5 rings (SSSR count). The first-order chi connectivity index (χ1) is 16.6. The van der Waals surface area contributed by atoms with Gasteiger partial charge in [0.25, 0.3) is 0 Å². The molecule has 9 heteroatoms. The maximum Gasteiger partial charge on any atom is 0.155 e. The van der Waals surface area contributed by atoms with Crippen molar-refractivity contribution in [2.24, 2.45) is 0 Å². The molecule has 0 spiro atoms. The molecule has 0 bridgehead atoms. The second kappa shape index (κ2) is 10.8. The number of piperazine rings is 1. The average Bonchev–Trinajstić information content (AvgIpc) is 3.25. The summed E-state index contributed by atoms with van der Waals surface area (Å²) in [6, 6.07) is 14.3. The fraction of sp³-hybridized carbons (Fsp3) is 0.269. The molecule has 1 saturated heterocycles. The van der Waals surface area contributed by atoms with Crippen LogP contribution in [0.2, 0.25) is 0 Å². The van der Waals surface area contributed by atoms with Crippen LogP contribution in [-0.2, 0) is 6.54 Å². The highest BCUT2D eigenvalue weighted by molar-refractivity contribution is 5.85. The molecule has 1 aliphatic heterocycles. The Hall–Kier alpha value is -3.49. The number of hydrogen-bond acceptors (Lipinski definition) is 6. The molecular formula is C26H28ClFN6O. The van der Waals surface area contributed by atoms with Crippen molar-refractivity contribution in [1.82, 2.24) is 24.6 Å². The van der Waals surface area contributed by atoms with Gasteiger partial charge in [-0.2, -0.15) is 5.10 Å². The standard InChI is InChI=1S/C26H27FN6O.ClH/c1-19-21(17-30-33(19)23-7-9-24(34-2)10-8-23)18-31-13-15-32(16-14-31)26-25(28-11-12-29-26)20-3-5-22(27)6-4-20;/h3-12,17H,13-16,18H2,1-2H3;1H. The molecule has 0 unspecified atom stereocenters. The Morgan fingerprint density at radius 3 is 2.29 bits per heavy atom. The van der Waals surface area contributed by atoms with Gasteiger partial charge in [-0.15, -0.1) is 12.4 Å². The van der Waals surface area contributed by atoms with Gasteiger partial charge in [-0.3, -0.25) is 9.88 Å². The van der Waals surface area contributed by atoms with Crippen molar-refractivity contribution in [3.8, 4) is 22.7 Å². The van der Waals surface area contributed by atoms with E-state index in [1.165, 1.54) is 17.7 Å². The van der Waals surface area contributed by atoms with Gasteiger partial charge in [0.2, 0.25) is 0 Å². The van der Waals surface area contributed by atoms with E-state index in [2.05, 4.69) is 31.8 Å². The van der Waals surface area contributed by atoms with E-state index in [-0.39, 0.29) is 18.2 Å². The van der Waals surface area contributed by atoms with E-state index in [4.69, 9.17) is 4.74 Å². The second-order valence-corrected chi connectivity index (χ2v) is 8.36. The minimum absolute atomic E-state index is 0. The summed E-state index contributed by atoms with van der Waals surface area (Å²) in [7, 11) is 1.67. The summed E-state index contributed by atoms with van der Waals surface area (Å²) in [4.78, 5) is 13.8. The van der Waals surface area contributed by atoms with Crippen molar-refractivity contribution in [1.29, 1.82) is 0 Å². The molecule has 2 aromatic heterocycles. The van der Waals surface area contributed by atoms with Crippen LogP contribution >= 0.6 is 12.4 Å². The van der Waals surface area contributed by atoms with Crippen LogP contribution in [0.5, 0.6) is 5.75 Å². The zero-order valence-corrected chi connectivity index (χ0v) is 20.6. The van der Waals surface area contributed by atoms with Crippen LogP contribution in [0.1, 0.15) is 11.3 Å². The smallest absolute Gasteiger partial charge is 0.155 e. The first-order valence-electron chi connectivity index (χ1n) is 11.3. The highest BCUT2D eigenvalue weighted by Gasteiger charge is 2.22. The van der Waals surface area contributed by atoms with Gasteiger partial charge in [-0.1, -0.05) is 0 Å². The summed E-state index contributed by atoms with van der Waals surface area (Å²) in [6.07, 6.45) is 5.36. The normalized spacial score (nSPS) is 14.0. The Balaban J connectivity index is 0.00000289. The maximum atomic E-state index is 13.4. The van der Waals surface area contributed by atoms with Crippen molar-refractivity contribution < 1.29 is 9.13 Å². The number of hydrogen-bond donors (Lipinski definition) is 0. The van der Waals surface area contributed by atoms with Gasteiger partial charge in [-0.25, -0.2) is 14.1 Å². The number of anilines is 1. The number of benzene rings is 2. The van der Waals surface area contributed by atoms with Crippen LogP contribution in [0.4, 0.5) is 10.2 Å². The number of methoxy groups -OCH3 is 1. The molecule has 0 saturated carbocycles. The number of nitrogens with zero attached hydrogens (tertiary/aromatic N) is 6. The van der Waals surface area contributed by atoms with Gasteiger partial charge in [0.05, 0.1) is 19.0 Å². The summed E-state index contributed by atoms with van der Waals surface area (Å²) >= 11 is 0. The van der Waals surface area contributed by atoms with Crippen LogP contribution < -0.4 is 9.64 Å². The summed E-state index contributed by atoms with van der Waals surface area (Å²) in [5.74, 6) is 1.42. The lowest BCUT2D eigenvalue weighted by Crippen LogP contribution is -2.46. The second-order valence-electron chi connectivity index (χ2n) is 8.36. The summed E-state index contributed by atoms with van der Waals surface area (Å²) in [6.45, 7) is 6.47. The highest BCUT2D eigenvalue weighted by atomic mass is 35.5. The molecular weight excluding hydrogens is 467 g/mol. The van der Waals surface area contributed by atoms with Gasteiger partial charge in [0.15, 0.2) is 5.82 Å². The van der Waals surface area contributed by atoms with Crippen molar-refractivity contribution in [2.75, 3.05) is 38.2 Å². The van der Waals surface area contributed by atoms with E-state index in [1.807, 2.05) is 35.1 Å². The SMILES string of the molecule is COc1ccc(-n2ncc(CN3CCN(c4nccnc4-c4ccc(F)cc4)CC3)c2C)cc1.Cl. The van der Waals surface area contributed by atoms with E-state index in [9.17, 15) is 4.39 Å². The topological polar surface area (TPSA) is 59.3 Å². The molecule has 4 aromatic rings. The van der Waals surface area contributed by atoms with Crippen molar-refractivity contribution >= 4 is 18.2 Å². The first kappa shape index (κ1) is 24.6. The van der Waals surface area contributed by atoms with E-state index in [0.717, 1.165) is 66.9 Å². The van der Waals surface area contributed by atoms with Gasteiger partial charge in [-0.05, 0) is 55.5 Å². The molecule has 0 aliphatic carbocycles. The third-order valence-corrected chi connectivity index (χ3v) is 6.29. The molecule has 0 N–H and O–H groups in total. The van der Waals surface area contributed by atoms with Crippen LogP contribution in [0, 0.1) is 12.7 Å². The van der Waals surface area contributed by atoms with Crippen LogP contribution in [0.25, 0.3) is 16.9 Å². The Morgan fingerprint density at radius 2 is 1.60 bits per heavy atom. The zero-order valence-electron chi connectivity index (χ0n) is 19.8. The fourth-order valence-corrected chi connectivity index (χ4v) is 4.31. The van der Waals surface area contributed by atoms with Gasteiger partial charge < -0.3 is 9.64 Å². The van der Waals surface area contributed by atoms with E-state index in [0.29, 0.717) is 0 Å². The molecule has 1 aliphatic rings. The lowest BCUT2D eigenvalue weighted by atomic mass is 10.1. The summed E-state index contributed by atoms with van der Waals surface area (Å²) in [5.41, 5.74) is 5.03. The Labute approximate surface area is 210 Å². The minimum atomic E-state index is -0.256. The van der Waals surface area contributed by atoms with Crippen molar-refractivity contribution in [2.45, 2.75) is 13.5 Å². The van der Waals surface area contributed by atoms with Crippen LogP contribution in [0.15, 0.2) is 67.1 Å². The Bertz CT molecular complexity index is 1250. The van der Waals surface area contributed by atoms with Crippen LogP contribution in [0.3, 0.4) is 0 Å². The third-order valence-electron chi connectivity index (χ3n) is 6.29. The molecule has 0 amide bonds. The minimum Gasteiger partial charge on any atom is -0.497 e. The third kappa shape index (κ3) is 5.28. The number of aromatic nitrogens is 4. The lowest BCUT2D eigenvalue weighted by molar-refractivity contribution is 0.249. The van der Waals surface area contributed by atoms with E-state index >= 15 is 0 Å². The van der Waals surface area contributed by atoms with Crippen molar-refractivity contribution in [3.63, 3.8) is 0 Å². The largest absolute Gasteiger partial charge is 0.497 e. The molecule has 1 fully saturated rings. The molecule has 0 radical (unpaired) electrons. The Morgan fingerprint density at radius 1 is 0.914 bits per heavy atom. The maximum absolute atomic E-state index is 13.4. The van der Waals surface area contributed by atoms with E-state index < -0.39 is 0 Å². The number of rotatable bonds is 6. The summed E-state index contributed by atoms with van der Waals surface area (Å²) < 4.78 is 20.6. The fourth-order valence-electron chi connectivity index (χ4n) is 4.31. The zero-order chi connectivity index (χ0) is 23.5. The average molecular weight is 495 g/mol. The lowest BCUT2D eigenvalue weighted by Gasteiger charge is -2.35. The predicted octanol–water partition coefficient (Wildman–Crippen LogP) is 4.53. The van der Waals surface area contributed by atoms with Crippen LogP contribution in [-0.4, -0.2) is 57.9 Å². The highest BCUT2D eigenvalue weighted by Crippen LogP contribution is 2.28. The molecule has 0 atom stereocenters. The first-order valence-corrected chi connectivity index (χ1v) is 11.3. The Kier molecular flexibility index (Phi) is 7.63. The quantitative estimate of drug-likeness (QED) is 0.392. The monoisotopic (exact) mass is 494 g/mol. The molecule has 2 aromatic carbocycles. The predicted molar refractivity (Wildman–Crippen MR) is 137 cm³/mol. The van der Waals surface area contributed by atoms with Crippen molar-refractivity contribution in [3.05, 3.63) is 84.2 Å². The molecule has 35 heavy (non-hydrogen) atoms. The molecule has 182 valence electrons. The summed E-state index contributed by atoms with van der Waals surface area (Å²) in [5, 5.41) is 4.61. The molecule has 3 heterocycles. The number of halogens is 2. The van der Waals surface area contributed by atoms with Gasteiger partial charge in [0, 0.05) is 61.9 Å². The number of ether oxygens (including phenoxy) is 1. The van der Waals surface area contributed by atoms with Gasteiger partial charge in [0.1, 0.15) is 17.3 Å². The van der Waals surface area contributed by atoms with Gasteiger partial charge >= 0.3 is 0 Å². The molecule has 7 nitrogen and oxygen atoms in total.